The van der Waals surface area contributed by atoms with Crippen LogP contribution in [0, 0.1) is 0 Å². The van der Waals surface area contributed by atoms with Gasteiger partial charge in [0.1, 0.15) is 0 Å². The monoisotopic (exact) mass is 381 g/mol. The number of esters is 1. The molecule has 134 valence electrons. The molecule has 2 aromatic carbocycles. The van der Waals surface area contributed by atoms with E-state index < -0.39 is 16.0 Å². The summed E-state index contributed by atoms with van der Waals surface area (Å²) in [6, 6.07) is 12.9. The summed E-state index contributed by atoms with van der Waals surface area (Å²) in [6.07, 6.45) is 0. The molecule has 2 rings (SSSR count). The second kappa shape index (κ2) is 8.47. The quantitative estimate of drug-likeness (QED) is 0.685. The lowest BCUT2D eigenvalue weighted by Crippen LogP contribution is -2.30. The molecule has 25 heavy (non-hydrogen) atoms. The van der Waals surface area contributed by atoms with Crippen LogP contribution in [0.15, 0.2) is 53.4 Å². The van der Waals surface area contributed by atoms with Crippen LogP contribution in [0.5, 0.6) is 0 Å². The minimum atomic E-state index is -3.75. The zero-order chi connectivity index (χ0) is 18.4. The smallest absolute Gasteiger partial charge is 0.338 e. The lowest BCUT2D eigenvalue weighted by molar-refractivity contribution is 0.0526. The fourth-order valence-electron chi connectivity index (χ4n) is 2.35. The number of hydrogen-bond acceptors (Lipinski definition) is 4. The molecule has 0 spiro atoms. The summed E-state index contributed by atoms with van der Waals surface area (Å²) in [5.74, 6) is -0.544. The van der Waals surface area contributed by atoms with Crippen LogP contribution >= 0.6 is 11.6 Å². The number of carbonyl (C=O) groups is 1. The number of benzene rings is 2. The highest BCUT2D eigenvalue weighted by atomic mass is 35.5. The van der Waals surface area contributed by atoms with Crippen molar-refractivity contribution < 1.29 is 17.9 Å². The molecule has 0 heterocycles. The van der Waals surface area contributed by atoms with Crippen LogP contribution in [-0.4, -0.2) is 31.8 Å². The van der Waals surface area contributed by atoms with Gasteiger partial charge in [0.05, 0.1) is 17.1 Å². The molecule has 2 aromatic rings. The van der Waals surface area contributed by atoms with E-state index in [9.17, 15) is 13.2 Å². The molecule has 0 aliphatic carbocycles. The van der Waals surface area contributed by atoms with E-state index in [1.54, 1.807) is 32.0 Å². The number of nitrogens with zero attached hydrogens (tertiary/aromatic N) is 1. The zero-order valence-corrected chi connectivity index (χ0v) is 15.7. The van der Waals surface area contributed by atoms with Gasteiger partial charge in [0, 0.05) is 18.1 Å². The minimum Gasteiger partial charge on any atom is -0.462 e. The fraction of sp³-hybridized carbons (Fsp3) is 0.278. The van der Waals surface area contributed by atoms with Crippen LogP contribution in [0.1, 0.15) is 29.8 Å². The molecule has 0 bridgehead atoms. The molecule has 0 fully saturated rings. The van der Waals surface area contributed by atoms with Crippen molar-refractivity contribution in [1.29, 1.82) is 0 Å². The van der Waals surface area contributed by atoms with E-state index in [0.717, 1.165) is 5.56 Å². The van der Waals surface area contributed by atoms with Gasteiger partial charge in [-0.3, -0.25) is 0 Å². The average Bonchev–Trinajstić information content (AvgIpc) is 2.60. The second-order valence-electron chi connectivity index (χ2n) is 5.31. The first-order valence-electron chi connectivity index (χ1n) is 7.90. The molecule has 7 heteroatoms. The van der Waals surface area contributed by atoms with E-state index >= 15 is 0 Å². The first-order chi connectivity index (χ1) is 11.9. The van der Waals surface area contributed by atoms with Crippen LogP contribution in [0.25, 0.3) is 0 Å². The normalized spacial score (nSPS) is 11.5. The van der Waals surface area contributed by atoms with Gasteiger partial charge in [0.25, 0.3) is 0 Å². The van der Waals surface area contributed by atoms with Crippen LogP contribution in [-0.2, 0) is 21.3 Å². The maximum Gasteiger partial charge on any atom is 0.338 e. The van der Waals surface area contributed by atoms with Crippen molar-refractivity contribution in [3.63, 3.8) is 0 Å². The van der Waals surface area contributed by atoms with Gasteiger partial charge in [-0.2, -0.15) is 4.31 Å². The maximum atomic E-state index is 12.9. The highest BCUT2D eigenvalue weighted by Crippen LogP contribution is 2.21. The van der Waals surface area contributed by atoms with E-state index in [1.165, 1.54) is 28.6 Å². The molecule has 0 aromatic heterocycles. The summed E-state index contributed by atoms with van der Waals surface area (Å²) in [6.45, 7) is 4.17. The van der Waals surface area contributed by atoms with Crippen molar-refractivity contribution in [2.75, 3.05) is 13.2 Å². The van der Waals surface area contributed by atoms with Crippen molar-refractivity contribution in [3.8, 4) is 0 Å². The van der Waals surface area contributed by atoms with Crippen molar-refractivity contribution in [2.24, 2.45) is 0 Å². The Morgan fingerprint density at radius 3 is 2.48 bits per heavy atom. The Balaban J connectivity index is 2.32. The Hall–Kier alpha value is -1.89. The molecule has 0 radical (unpaired) electrons. The standard InChI is InChI=1S/C18H20ClNO4S/c1-3-20(13-14-7-5-9-16(19)11-14)25(22,23)17-10-6-8-15(12-17)18(21)24-4-2/h5-12H,3-4,13H2,1-2H3. The summed E-state index contributed by atoms with van der Waals surface area (Å²) in [5, 5.41) is 0.551. The van der Waals surface area contributed by atoms with Gasteiger partial charge in [-0.1, -0.05) is 36.7 Å². The third kappa shape index (κ3) is 4.81. The highest BCUT2D eigenvalue weighted by molar-refractivity contribution is 7.89. The largest absolute Gasteiger partial charge is 0.462 e. The molecule has 0 saturated heterocycles. The number of halogens is 1. The Bertz CT molecular complexity index is 852. The third-order valence-electron chi connectivity index (χ3n) is 3.58. The maximum absolute atomic E-state index is 12.9. The van der Waals surface area contributed by atoms with E-state index in [-0.39, 0.29) is 23.6 Å². The topological polar surface area (TPSA) is 63.7 Å². The van der Waals surface area contributed by atoms with Crippen LogP contribution in [0.4, 0.5) is 0 Å². The van der Waals surface area contributed by atoms with Gasteiger partial charge in [-0.05, 0) is 42.8 Å². The number of sulfonamides is 1. The predicted octanol–water partition coefficient (Wildman–Crippen LogP) is 3.73. The van der Waals surface area contributed by atoms with E-state index in [1.807, 2.05) is 6.07 Å². The lowest BCUT2D eigenvalue weighted by atomic mass is 10.2. The minimum absolute atomic E-state index is 0.0573. The Morgan fingerprint density at radius 2 is 1.84 bits per heavy atom. The zero-order valence-electron chi connectivity index (χ0n) is 14.1. The van der Waals surface area contributed by atoms with Crippen molar-refractivity contribution in [2.45, 2.75) is 25.3 Å². The van der Waals surface area contributed by atoms with Crippen LogP contribution in [0.2, 0.25) is 5.02 Å². The number of hydrogen-bond donors (Lipinski definition) is 0. The Kier molecular flexibility index (Phi) is 6.58. The van der Waals surface area contributed by atoms with E-state index in [0.29, 0.717) is 11.6 Å². The van der Waals surface area contributed by atoms with Gasteiger partial charge in [0.15, 0.2) is 0 Å². The average molecular weight is 382 g/mol. The van der Waals surface area contributed by atoms with Crippen molar-refractivity contribution >= 4 is 27.6 Å². The predicted molar refractivity (Wildman–Crippen MR) is 97.1 cm³/mol. The second-order valence-corrected chi connectivity index (χ2v) is 7.68. The number of carbonyl (C=O) groups excluding carboxylic acids is 1. The number of rotatable bonds is 7. The molecular weight excluding hydrogens is 362 g/mol. The molecule has 0 saturated carbocycles. The van der Waals surface area contributed by atoms with Gasteiger partial charge in [-0.25, -0.2) is 13.2 Å². The molecule has 0 aliphatic rings. The number of ether oxygens (including phenoxy) is 1. The summed E-state index contributed by atoms with van der Waals surface area (Å²) in [4.78, 5) is 11.9. The fourth-order valence-corrected chi connectivity index (χ4v) is 4.05. The molecule has 0 unspecified atom stereocenters. The molecule has 5 nitrogen and oxygen atoms in total. The molecule has 0 aliphatic heterocycles. The van der Waals surface area contributed by atoms with Crippen molar-refractivity contribution in [1.82, 2.24) is 4.31 Å². The first kappa shape index (κ1) is 19.4. The first-order valence-corrected chi connectivity index (χ1v) is 9.72. The van der Waals surface area contributed by atoms with Crippen LogP contribution < -0.4 is 0 Å². The van der Waals surface area contributed by atoms with Gasteiger partial charge in [0.2, 0.25) is 10.0 Å². The third-order valence-corrected chi connectivity index (χ3v) is 5.74. The van der Waals surface area contributed by atoms with Crippen molar-refractivity contribution in [3.05, 3.63) is 64.7 Å². The summed E-state index contributed by atoms with van der Waals surface area (Å²) >= 11 is 5.97. The summed E-state index contributed by atoms with van der Waals surface area (Å²) < 4.78 is 32.1. The SMILES string of the molecule is CCOC(=O)c1cccc(S(=O)(=O)N(CC)Cc2cccc(Cl)c2)c1. The highest BCUT2D eigenvalue weighted by Gasteiger charge is 2.24. The molecule has 0 atom stereocenters. The van der Waals surface area contributed by atoms with Crippen LogP contribution in [0.3, 0.4) is 0 Å². The Morgan fingerprint density at radius 1 is 1.12 bits per heavy atom. The van der Waals surface area contributed by atoms with Gasteiger partial charge >= 0.3 is 5.97 Å². The lowest BCUT2D eigenvalue weighted by Gasteiger charge is -2.21. The molecule has 0 N–H and O–H groups in total. The molecule has 0 amide bonds. The van der Waals surface area contributed by atoms with E-state index in [2.05, 4.69) is 0 Å². The van der Waals surface area contributed by atoms with Gasteiger partial charge in [-0.15, -0.1) is 0 Å². The van der Waals surface area contributed by atoms with Gasteiger partial charge < -0.3 is 4.74 Å². The molecular formula is C18H20ClNO4S. The summed E-state index contributed by atoms with van der Waals surface area (Å²) in [5.41, 5.74) is 1.00. The summed E-state index contributed by atoms with van der Waals surface area (Å²) in [7, 11) is -3.75. The Labute approximate surface area is 153 Å². The van der Waals surface area contributed by atoms with E-state index in [4.69, 9.17) is 16.3 Å².